The van der Waals surface area contributed by atoms with Crippen LogP contribution in [0.2, 0.25) is 0 Å². The number of benzene rings is 3. The van der Waals surface area contributed by atoms with Crippen molar-refractivity contribution in [2.75, 3.05) is 0 Å². The smallest absolute Gasteiger partial charge is 0.323 e. The minimum absolute atomic E-state index is 0.134. The van der Waals surface area contributed by atoms with Gasteiger partial charge in [0.15, 0.2) is 0 Å². The molecule has 0 spiro atoms. The lowest BCUT2D eigenvalue weighted by molar-refractivity contribution is 0.0940. The minimum atomic E-state index is -0.239. The van der Waals surface area contributed by atoms with E-state index in [1.807, 2.05) is 79.7 Å². The summed E-state index contributed by atoms with van der Waals surface area (Å²) in [4.78, 5) is 29.4. The van der Waals surface area contributed by atoms with Gasteiger partial charge in [-0.05, 0) is 47.9 Å². The maximum Gasteiger partial charge on any atom is 0.323 e. The number of carbonyl (C=O) groups is 1. The van der Waals surface area contributed by atoms with Gasteiger partial charge < -0.3 is 15.3 Å². The Labute approximate surface area is 156 Å². The number of nitrogens with one attached hydrogen (secondary N) is 3. The van der Waals surface area contributed by atoms with Gasteiger partial charge in [0, 0.05) is 5.56 Å². The first-order valence-electron chi connectivity index (χ1n) is 8.78. The van der Waals surface area contributed by atoms with Crippen molar-refractivity contribution in [2.45, 2.75) is 13.0 Å². The molecule has 0 aliphatic heterocycles. The third-order valence-electron chi connectivity index (χ3n) is 4.64. The molecule has 134 valence electrons. The number of hydrogen-bond donors (Lipinski definition) is 3. The molecule has 0 radical (unpaired) electrons. The Hall–Kier alpha value is -3.60. The Kier molecular flexibility index (Phi) is 4.34. The van der Waals surface area contributed by atoms with Gasteiger partial charge in [-0.2, -0.15) is 0 Å². The van der Waals surface area contributed by atoms with Gasteiger partial charge in [0.1, 0.15) is 0 Å². The van der Waals surface area contributed by atoms with Crippen LogP contribution in [0.4, 0.5) is 0 Å². The lowest BCUT2D eigenvalue weighted by atomic mass is 10.0. The Balaban J connectivity index is 1.49. The van der Waals surface area contributed by atoms with Crippen molar-refractivity contribution in [2.24, 2.45) is 0 Å². The van der Waals surface area contributed by atoms with E-state index in [1.165, 1.54) is 0 Å². The zero-order valence-corrected chi connectivity index (χ0v) is 14.8. The molecular weight excluding hydrogens is 338 g/mol. The van der Waals surface area contributed by atoms with Gasteiger partial charge in [-0.15, -0.1) is 0 Å². The van der Waals surface area contributed by atoms with Gasteiger partial charge in [0.25, 0.3) is 5.91 Å². The lowest BCUT2D eigenvalue weighted by Crippen LogP contribution is -2.26. The predicted octanol–water partition coefficient (Wildman–Crippen LogP) is 4.01. The van der Waals surface area contributed by atoms with Crippen molar-refractivity contribution in [3.63, 3.8) is 0 Å². The topological polar surface area (TPSA) is 77.8 Å². The van der Waals surface area contributed by atoms with Gasteiger partial charge in [-0.1, -0.05) is 48.5 Å². The first kappa shape index (κ1) is 16.8. The van der Waals surface area contributed by atoms with E-state index in [9.17, 15) is 9.59 Å². The predicted molar refractivity (Wildman–Crippen MR) is 107 cm³/mol. The molecule has 5 heteroatoms. The van der Waals surface area contributed by atoms with Crippen LogP contribution >= 0.6 is 0 Å². The molecule has 1 heterocycles. The third kappa shape index (κ3) is 3.53. The maximum atomic E-state index is 12.6. The van der Waals surface area contributed by atoms with E-state index >= 15 is 0 Å². The molecule has 0 fully saturated rings. The molecule has 3 N–H and O–H groups in total. The van der Waals surface area contributed by atoms with Crippen LogP contribution in [0.5, 0.6) is 0 Å². The Morgan fingerprint density at radius 1 is 0.852 bits per heavy atom. The number of fused-ring (bicyclic) bond motifs is 1. The summed E-state index contributed by atoms with van der Waals surface area (Å²) in [5, 5.41) is 3.00. The Bertz CT molecular complexity index is 1140. The number of aromatic nitrogens is 2. The third-order valence-corrected chi connectivity index (χ3v) is 4.64. The zero-order chi connectivity index (χ0) is 18.8. The van der Waals surface area contributed by atoms with E-state index < -0.39 is 0 Å². The number of imidazole rings is 1. The summed E-state index contributed by atoms with van der Waals surface area (Å²) in [7, 11) is 0. The van der Waals surface area contributed by atoms with Crippen LogP contribution in [-0.4, -0.2) is 15.9 Å². The van der Waals surface area contributed by atoms with Crippen LogP contribution in [0.1, 0.15) is 28.9 Å². The second kappa shape index (κ2) is 6.96. The maximum absolute atomic E-state index is 12.6. The van der Waals surface area contributed by atoms with Crippen molar-refractivity contribution in [3.05, 3.63) is 94.4 Å². The first-order chi connectivity index (χ1) is 13.1. The van der Waals surface area contributed by atoms with Crippen molar-refractivity contribution in [1.29, 1.82) is 0 Å². The van der Waals surface area contributed by atoms with Crippen LogP contribution in [0, 0.1) is 0 Å². The summed E-state index contributed by atoms with van der Waals surface area (Å²) in [5.74, 6) is -0.134. The summed E-state index contributed by atoms with van der Waals surface area (Å²) in [6.45, 7) is 1.92. The van der Waals surface area contributed by atoms with Gasteiger partial charge in [0.2, 0.25) is 0 Å². The minimum Gasteiger partial charge on any atom is -0.346 e. The van der Waals surface area contributed by atoms with Gasteiger partial charge in [-0.25, -0.2) is 4.79 Å². The molecule has 0 saturated carbocycles. The summed E-state index contributed by atoms with van der Waals surface area (Å²) in [5.41, 5.74) is 4.96. The number of amides is 1. The van der Waals surface area contributed by atoms with Crippen LogP contribution in [0.25, 0.3) is 22.2 Å². The molecule has 3 aromatic carbocycles. The highest BCUT2D eigenvalue weighted by atomic mass is 16.2. The molecular formula is C22H19N3O2. The molecule has 0 aliphatic rings. The van der Waals surface area contributed by atoms with Crippen molar-refractivity contribution >= 4 is 16.9 Å². The average Bonchev–Trinajstić information content (AvgIpc) is 3.08. The summed E-state index contributed by atoms with van der Waals surface area (Å²) < 4.78 is 0. The SMILES string of the molecule is CC(NC(=O)c1ccc(-c2ccccc2)cc1)c1ccc2[nH]c(=O)[nH]c2c1. The molecule has 1 atom stereocenters. The Morgan fingerprint density at radius 2 is 1.52 bits per heavy atom. The fraction of sp³-hybridized carbons (Fsp3) is 0.0909. The fourth-order valence-electron chi connectivity index (χ4n) is 3.13. The molecule has 1 unspecified atom stereocenters. The number of aromatic amines is 2. The van der Waals surface area contributed by atoms with Crippen LogP contribution in [-0.2, 0) is 0 Å². The van der Waals surface area contributed by atoms with E-state index in [2.05, 4.69) is 15.3 Å². The molecule has 5 nitrogen and oxygen atoms in total. The largest absolute Gasteiger partial charge is 0.346 e. The van der Waals surface area contributed by atoms with E-state index in [0.717, 1.165) is 27.7 Å². The standard InChI is InChI=1S/C22H19N3O2/c1-14(18-11-12-19-20(13-18)25-22(27)24-19)23-21(26)17-9-7-16(8-10-17)15-5-3-2-4-6-15/h2-14H,1H3,(H,23,26)(H2,24,25,27). The zero-order valence-electron chi connectivity index (χ0n) is 14.8. The molecule has 27 heavy (non-hydrogen) atoms. The molecule has 1 aromatic heterocycles. The molecule has 4 rings (SSSR count). The molecule has 1 amide bonds. The van der Waals surface area contributed by atoms with E-state index in [1.54, 1.807) is 0 Å². The van der Waals surface area contributed by atoms with Crippen molar-refractivity contribution < 1.29 is 4.79 Å². The summed E-state index contributed by atoms with van der Waals surface area (Å²) >= 11 is 0. The van der Waals surface area contributed by atoms with E-state index in [-0.39, 0.29) is 17.6 Å². The second-order valence-electron chi connectivity index (χ2n) is 6.52. The van der Waals surface area contributed by atoms with Crippen LogP contribution < -0.4 is 11.0 Å². The summed E-state index contributed by atoms with van der Waals surface area (Å²) in [6.07, 6.45) is 0. The molecule has 4 aromatic rings. The number of hydrogen-bond acceptors (Lipinski definition) is 2. The molecule has 0 aliphatic carbocycles. The average molecular weight is 357 g/mol. The monoisotopic (exact) mass is 357 g/mol. The highest BCUT2D eigenvalue weighted by molar-refractivity contribution is 5.95. The normalized spacial score (nSPS) is 12.0. The number of carbonyl (C=O) groups excluding carboxylic acids is 1. The number of H-pyrrole nitrogens is 2. The summed E-state index contributed by atoms with van der Waals surface area (Å²) in [6, 6.07) is 23.0. The highest BCUT2D eigenvalue weighted by Gasteiger charge is 2.12. The second-order valence-corrected chi connectivity index (χ2v) is 6.52. The first-order valence-corrected chi connectivity index (χ1v) is 8.78. The van der Waals surface area contributed by atoms with Gasteiger partial charge in [0.05, 0.1) is 17.1 Å². The van der Waals surface area contributed by atoms with E-state index in [4.69, 9.17) is 0 Å². The quantitative estimate of drug-likeness (QED) is 0.516. The fourth-order valence-corrected chi connectivity index (χ4v) is 3.13. The molecule has 0 bridgehead atoms. The van der Waals surface area contributed by atoms with Gasteiger partial charge >= 0.3 is 5.69 Å². The molecule has 0 saturated heterocycles. The number of rotatable bonds is 4. The van der Waals surface area contributed by atoms with Crippen molar-refractivity contribution in [1.82, 2.24) is 15.3 Å². The van der Waals surface area contributed by atoms with Crippen LogP contribution in [0.15, 0.2) is 77.6 Å². The van der Waals surface area contributed by atoms with Gasteiger partial charge in [-0.3, -0.25) is 4.79 Å². The van der Waals surface area contributed by atoms with E-state index in [0.29, 0.717) is 5.56 Å². The van der Waals surface area contributed by atoms with Crippen molar-refractivity contribution in [3.8, 4) is 11.1 Å². The Morgan fingerprint density at radius 3 is 2.26 bits per heavy atom. The van der Waals surface area contributed by atoms with Crippen LogP contribution in [0.3, 0.4) is 0 Å². The highest BCUT2D eigenvalue weighted by Crippen LogP contribution is 2.20. The lowest BCUT2D eigenvalue weighted by Gasteiger charge is -2.15.